The third kappa shape index (κ3) is 8.93. The highest BCUT2D eigenvalue weighted by Gasteiger charge is 2.26. The molecule has 0 N–H and O–H groups in total. The molecule has 2 aromatic rings. The van der Waals surface area contributed by atoms with Gasteiger partial charge >= 0.3 is 5.97 Å². The molecule has 5 nitrogen and oxygen atoms in total. The van der Waals surface area contributed by atoms with Crippen LogP contribution in [-0.2, 0) is 9.47 Å². The number of carbonyl (C=O) groups excluding carboxylic acids is 1. The number of ether oxygens (including phenoxy) is 4. The van der Waals surface area contributed by atoms with E-state index in [4.69, 9.17) is 18.9 Å². The SMILES string of the molecule is CCCCCCCCC1COC(c2ccc(C(=O)Oc3ccc(OCCCC)cc3)cc2F)OC1. The Hall–Kier alpha value is -2.44. The minimum Gasteiger partial charge on any atom is -0.494 e. The quantitative estimate of drug-likeness (QED) is 0.156. The maximum atomic E-state index is 14.8. The minimum atomic E-state index is -0.749. The van der Waals surface area contributed by atoms with E-state index < -0.39 is 18.1 Å². The van der Waals surface area contributed by atoms with Crippen molar-refractivity contribution in [1.82, 2.24) is 0 Å². The van der Waals surface area contributed by atoms with E-state index in [-0.39, 0.29) is 5.56 Å². The number of esters is 1. The second kappa shape index (κ2) is 14.8. The summed E-state index contributed by atoms with van der Waals surface area (Å²) in [6, 6.07) is 11.1. The van der Waals surface area contributed by atoms with E-state index in [1.54, 1.807) is 24.3 Å². The predicted molar refractivity (Wildman–Crippen MR) is 134 cm³/mol. The molecule has 0 amide bonds. The number of carbonyl (C=O) groups is 1. The van der Waals surface area contributed by atoms with Crippen molar-refractivity contribution in [3.8, 4) is 11.5 Å². The maximum Gasteiger partial charge on any atom is 0.343 e. The van der Waals surface area contributed by atoms with Gasteiger partial charge in [0.05, 0.1) is 25.4 Å². The number of unbranched alkanes of at least 4 members (excludes halogenated alkanes) is 6. The standard InChI is InChI=1S/C29H39FO5/c1-3-5-7-8-9-10-11-22-20-33-29(34-21-22)26-17-12-23(19-27(26)30)28(31)35-25-15-13-24(14-16-25)32-18-6-4-2/h12-17,19,22,29H,3-11,18,20-21H2,1-2H3. The molecule has 6 heteroatoms. The van der Waals surface area contributed by atoms with Gasteiger partial charge in [0.15, 0.2) is 6.29 Å². The van der Waals surface area contributed by atoms with Crippen molar-refractivity contribution in [2.24, 2.45) is 5.92 Å². The van der Waals surface area contributed by atoms with Gasteiger partial charge in [0.2, 0.25) is 0 Å². The molecule has 35 heavy (non-hydrogen) atoms. The fourth-order valence-electron chi connectivity index (χ4n) is 4.05. The fraction of sp³-hybridized carbons (Fsp3) is 0.552. The molecule has 0 saturated carbocycles. The number of benzene rings is 2. The van der Waals surface area contributed by atoms with Crippen molar-refractivity contribution in [2.75, 3.05) is 19.8 Å². The minimum absolute atomic E-state index is 0.131. The van der Waals surface area contributed by atoms with Crippen molar-refractivity contribution in [3.63, 3.8) is 0 Å². The van der Waals surface area contributed by atoms with E-state index in [9.17, 15) is 9.18 Å². The Morgan fingerprint density at radius 2 is 1.54 bits per heavy atom. The summed E-state index contributed by atoms with van der Waals surface area (Å²) in [6.07, 6.45) is 9.92. The lowest BCUT2D eigenvalue weighted by Crippen LogP contribution is -2.27. The van der Waals surface area contributed by atoms with Crippen molar-refractivity contribution in [1.29, 1.82) is 0 Å². The summed E-state index contributed by atoms with van der Waals surface area (Å²) in [7, 11) is 0. The molecule has 1 heterocycles. The van der Waals surface area contributed by atoms with Crippen LogP contribution in [0.5, 0.6) is 11.5 Å². The summed E-state index contributed by atoms with van der Waals surface area (Å²) in [5.74, 6) is 0.268. The number of hydrogen-bond donors (Lipinski definition) is 0. The van der Waals surface area contributed by atoms with Gasteiger partial charge in [-0.3, -0.25) is 0 Å². The molecule has 0 bridgehead atoms. The van der Waals surface area contributed by atoms with E-state index in [1.165, 1.54) is 56.7 Å². The lowest BCUT2D eigenvalue weighted by atomic mass is 10.0. The Morgan fingerprint density at radius 1 is 0.886 bits per heavy atom. The average Bonchev–Trinajstić information content (AvgIpc) is 2.88. The predicted octanol–water partition coefficient (Wildman–Crippen LogP) is 7.64. The first-order chi connectivity index (χ1) is 17.1. The number of halogens is 1. The van der Waals surface area contributed by atoms with E-state index in [1.807, 2.05) is 0 Å². The van der Waals surface area contributed by atoms with Crippen LogP contribution in [0.2, 0.25) is 0 Å². The number of hydrogen-bond acceptors (Lipinski definition) is 5. The largest absolute Gasteiger partial charge is 0.494 e. The third-order valence-electron chi connectivity index (χ3n) is 6.22. The summed E-state index contributed by atoms with van der Waals surface area (Å²) < 4.78 is 37.4. The third-order valence-corrected chi connectivity index (χ3v) is 6.22. The lowest BCUT2D eigenvalue weighted by Gasteiger charge is -2.30. The monoisotopic (exact) mass is 486 g/mol. The lowest BCUT2D eigenvalue weighted by molar-refractivity contribution is -0.207. The highest BCUT2D eigenvalue weighted by Crippen LogP contribution is 2.30. The van der Waals surface area contributed by atoms with Crippen LogP contribution in [-0.4, -0.2) is 25.8 Å². The summed E-state index contributed by atoms with van der Waals surface area (Å²) >= 11 is 0. The Bertz CT molecular complexity index is 890. The molecule has 1 saturated heterocycles. The molecule has 0 unspecified atom stereocenters. The van der Waals surface area contributed by atoms with Gasteiger partial charge in [-0.25, -0.2) is 9.18 Å². The Kier molecular flexibility index (Phi) is 11.5. The topological polar surface area (TPSA) is 54.0 Å². The molecule has 0 radical (unpaired) electrons. The van der Waals surface area contributed by atoms with E-state index in [0.29, 0.717) is 37.1 Å². The van der Waals surface area contributed by atoms with Crippen molar-refractivity contribution in [3.05, 3.63) is 59.4 Å². The first-order valence-corrected chi connectivity index (χ1v) is 13.1. The van der Waals surface area contributed by atoms with Gasteiger partial charge in [0, 0.05) is 11.5 Å². The zero-order chi connectivity index (χ0) is 24.9. The van der Waals surface area contributed by atoms with Gasteiger partial charge in [-0.05, 0) is 49.2 Å². The van der Waals surface area contributed by atoms with Gasteiger partial charge < -0.3 is 18.9 Å². The summed E-state index contributed by atoms with van der Waals surface area (Å²) in [4.78, 5) is 12.5. The van der Waals surface area contributed by atoms with Crippen LogP contribution >= 0.6 is 0 Å². The molecule has 1 fully saturated rings. The normalized spacial score (nSPS) is 17.8. The smallest absolute Gasteiger partial charge is 0.343 e. The highest BCUT2D eigenvalue weighted by molar-refractivity contribution is 5.91. The van der Waals surface area contributed by atoms with Crippen molar-refractivity contribution in [2.45, 2.75) is 77.9 Å². The molecular weight excluding hydrogens is 447 g/mol. The van der Waals surface area contributed by atoms with Crippen molar-refractivity contribution >= 4 is 5.97 Å². The molecule has 3 rings (SSSR count). The van der Waals surface area contributed by atoms with Crippen LogP contribution < -0.4 is 9.47 Å². The van der Waals surface area contributed by atoms with Crippen LogP contribution in [0.4, 0.5) is 4.39 Å². The van der Waals surface area contributed by atoms with E-state index >= 15 is 0 Å². The van der Waals surface area contributed by atoms with Gasteiger partial charge in [-0.1, -0.05) is 64.9 Å². The van der Waals surface area contributed by atoms with Gasteiger partial charge in [-0.2, -0.15) is 0 Å². The molecule has 0 atom stereocenters. The second-order valence-electron chi connectivity index (χ2n) is 9.22. The molecule has 2 aromatic carbocycles. The van der Waals surface area contributed by atoms with Crippen LogP contribution in [0.25, 0.3) is 0 Å². The maximum absolute atomic E-state index is 14.8. The van der Waals surface area contributed by atoms with Crippen LogP contribution in [0.15, 0.2) is 42.5 Å². The highest BCUT2D eigenvalue weighted by atomic mass is 19.1. The fourth-order valence-corrected chi connectivity index (χ4v) is 4.05. The van der Waals surface area contributed by atoms with Gasteiger partial charge in [-0.15, -0.1) is 0 Å². The Balaban J connectivity index is 1.45. The molecular formula is C29H39FO5. The second-order valence-corrected chi connectivity index (χ2v) is 9.22. The Labute approximate surface area is 208 Å². The van der Waals surface area contributed by atoms with Gasteiger partial charge in [0.25, 0.3) is 0 Å². The Morgan fingerprint density at radius 3 is 2.23 bits per heavy atom. The molecule has 1 aliphatic rings. The zero-order valence-corrected chi connectivity index (χ0v) is 21.1. The van der Waals surface area contributed by atoms with Gasteiger partial charge in [0.1, 0.15) is 17.3 Å². The van der Waals surface area contributed by atoms with Crippen LogP contribution in [0, 0.1) is 11.7 Å². The molecule has 0 spiro atoms. The van der Waals surface area contributed by atoms with Crippen molar-refractivity contribution < 1.29 is 28.1 Å². The summed E-state index contributed by atoms with van der Waals surface area (Å²) in [5.41, 5.74) is 0.430. The van der Waals surface area contributed by atoms with Crippen LogP contribution in [0.1, 0.15) is 93.8 Å². The first-order valence-electron chi connectivity index (χ1n) is 13.1. The zero-order valence-electron chi connectivity index (χ0n) is 21.1. The van der Waals surface area contributed by atoms with E-state index in [0.717, 1.165) is 25.0 Å². The molecule has 0 aromatic heterocycles. The average molecular weight is 487 g/mol. The first kappa shape index (κ1) is 27.2. The summed E-state index contributed by atoms with van der Waals surface area (Å²) in [6.45, 7) is 6.08. The van der Waals surface area contributed by atoms with E-state index in [2.05, 4.69) is 13.8 Å². The molecule has 0 aliphatic carbocycles. The molecule has 192 valence electrons. The molecule has 1 aliphatic heterocycles. The number of rotatable bonds is 14. The summed E-state index contributed by atoms with van der Waals surface area (Å²) in [5, 5.41) is 0. The van der Waals surface area contributed by atoms with Crippen LogP contribution in [0.3, 0.4) is 0 Å².